The van der Waals surface area contributed by atoms with E-state index in [9.17, 15) is 9.59 Å². The van der Waals surface area contributed by atoms with E-state index in [2.05, 4.69) is 4.74 Å². The summed E-state index contributed by atoms with van der Waals surface area (Å²) in [7, 11) is 2.89. The van der Waals surface area contributed by atoms with Crippen molar-refractivity contribution >= 4 is 17.8 Å². The van der Waals surface area contributed by atoms with E-state index in [4.69, 9.17) is 9.47 Å². The van der Waals surface area contributed by atoms with Gasteiger partial charge in [0.15, 0.2) is 12.4 Å². The van der Waals surface area contributed by atoms with Crippen LogP contribution in [0.4, 0.5) is 0 Å². The summed E-state index contributed by atoms with van der Waals surface area (Å²) in [4.78, 5) is 23.2. The molecule has 2 aromatic carbocycles. The molecule has 0 aromatic heterocycles. The number of carbonyl (C=O) groups is 2. The van der Waals surface area contributed by atoms with Crippen LogP contribution in [0.15, 0.2) is 54.6 Å². The highest BCUT2D eigenvalue weighted by Crippen LogP contribution is 2.16. The van der Waals surface area contributed by atoms with Gasteiger partial charge in [-0.2, -0.15) is 0 Å². The second-order valence-corrected chi connectivity index (χ2v) is 4.86. The second-order valence-electron chi connectivity index (χ2n) is 4.86. The molecule has 0 radical (unpaired) electrons. The van der Waals surface area contributed by atoms with E-state index in [-0.39, 0.29) is 12.4 Å². The smallest absolute Gasteiger partial charge is 0.343 e. The van der Waals surface area contributed by atoms with Crippen LogP contribution in [0.3, 0.4) is 0 Å². The van der Waals surface area contributed by atoms with Crippen molar-refractivity contribution in [2.45, 2.75) is 0 Å². The van der Waals surface area contributed by atoms with Gasteiger partial charge in [-0.25, -0.2) is 4.79 Å². The lowest BCUT2D eigenvalue weighted by Crippen LogP contribution is -2.12. The number of ether oxygens (including phenoxy) is 3. The van der Waals surface area contributed by atoms with Gasteiger partial charge in [0.1, 0.15) is 11.5 Å². The molecule has 5 nitrogen and oxygen atoms in total. The zero-order valence-corrected chi connectivity index (χ0v) is 13.5. The molecule has 0 saturated carbocycles. The standard InChI is InChI=1S/C19H18O5/c1-22-17-5-3-4-14(12-17)6-11-18(20)15-7-9-16(10-8-15)24-13-19(21)23-2/h3-12H,13H2,1-2H3. The number of hydrogen-bond donors (Lipinski definition) is 0. The van der Waals surface area contributed by atoms with E-state index in [1.165, 1.54) is 13.2 Å². The topological polar surface area (TPSA) is 61.8 Å². The highest BCUT2D eigenvalue weighted by atomic mass is 16.6. The Morgan fingerprint density at radius 1 is 1.00 bits per heavy atom. The third kappa shape index (κ3) is 4.98. The van der Waals surface area contributed by atoms with Gasteiger partial charge in [0, 0.05) is 5.56 Å². The fourth-order valence-corrected chi connectivity index (χ4v) is 1.93. The molecule has 5 heteroatoms. The molecular formula is C19H18O5. The maximum absolute atomic E-state index is 12.2. The third-order valence-electron chi connectivity index (χ3n) is 3.24. The zero-order chi connectivity index (χ0) is 17.4. The van der Waals surface area contributed by atoms with Crippen molar-refractivity contribution in [1.82, 2.24) is 0 Å². The molecule has 0 aliphatic heterocycles. The maximum atomic E-state index is 12.2. The summed E-state index contributed by atoms with van der Waals surface area (Å²) in [5.74, 6) is 0.638. The first-order valence-electron chi connectivity index (χ1n) is 7.28. The Balaban J connectivity index is 1.99. The maximum Gasteiger partial charge on any atom is 0.343 e. The minimum absolute atomic E-state index is 0.127. The van der Waals surface area contributed by atoms with Crippen molar-refractivity contribution in [3.63, 3.8) is 0 Å². The van der Waals surface area contributed by atoms with Crippen LogP contribution in [0, 0.1) is 0 Å². The van der Waals surface area contributed by atoms with Crippen LogP contribution in [0.1, 0.15) is 15.9 Å². The molecule has 0 N–H and O–H groups in total. The highest BCUT2D eigenvalue weighted by molar-refractivity contribution is 6.06. The van der Waals surface area contributed by atoms with Gasteiger partial charge in [0.25, 0.3) is 0 Å². The van der Waals surface area contributed by atoms with Crippen LogP contribution in [0.2, 0.25) is 0 Å². The number of hydrogen-bond acceptors (Lipinski definition) is 5. The molecule has 0 heterocycles. The summed E-state index contributed by atoms with van der Waals surface area (Å²) >= 11 is 0. The molecule has 0 aliphatic carbocycles. The van der Waals surface area contributed by atoms with Crippen molar-refractivity contribution in [2.24, 2.45) is 0 Å². The van der Waals surface area contributed by atoms with Crippen molar-refractivity contribution in [3.05, 3.63) is 65.7 Å². The minimum atomic E-state index is -0.462. The molecular weight excluding hydrogens is 308 g/mol. The first-order valence-corrected chi connectivity index (χ1v) is 7.28. The Labute approximate surface area is 140 Å². The van der Waals surface area contributed by atoms with Crippen molar-refractivity contribution in [2.75, 3.05) is 20.8 Å². The lowest BCUT2D eigenvalue weighted by Gasteiger charge is -2.05. The molecule has 0 saturated heterocycles. The molecule has 0 unspecified atom stereocenters. The molecule has 24 heavy (non-hydrogen) atoms. The molecule has 2 rings (SSSR count). The molecule has 0 spiro atoms. The van der Waals surface area contributed by atoms with Crippen LogP contribution >= 0.6 is 0 Å². The average Bonchev–Trinajstić information content (AvgIpc) is 2.64. The van der Waals surface area contributed by atoms with E-state index in [1.54, 1.807) is 37.5 Å². The Bertz CT molecular complexity index is 732. The quantitative estimate of drug-likeness (QED) is 0.444. The van der Waals surface area contributed by atoms with Gasteiger partial charge in [0.2, 0.25) is 0 Å². The number of methoxy groups -OCH3 is 2. The van der Waals surface area contributed by atoms with E-state index in [0.717, 1.165) is 11.3 Å². The first kappa shape index (κ1) is 17.3. The van der Waals surface area contributed by atoms with Gasteiger partial charge >= 0.3 is 5.97 Å². The first-order chi connectivity index (χ1) is 11.6. The largest absolute Gasteiger partial charge is 0.497 e. The second kappa shape index (κ2) is 8.53. The van der Waals surface area contributed by atoms with Gasteiger partial charge in [-0.05, 0) is 48.0 Å². The zero-order valence-electron chi connectivity index (χ0n) is 13.5. The summed E-state index contributed by atoms with van der Waals surface area (Å²) < 4.78 is 14.9. The molecule has 0 bridgehead atoms. The normalized spacial score (nSPS) is 10.4. The van der Waals surface area contributed by atoms with Crippen LogP contribution in [-0.4, -0.2) is 32.6 Å². The Morgan fingerprint density at radius 3 is 2.42 bits per heavy atom. The number of allylic oxidation sites excluding steroid dienone is 1. The molecule has 0 aliphatic rings. The molecule has 0 amide bonds. The van der Waals surface area contributed by atoms with Gasteiger partial charge in [-0.15, -0.1) is 0 Å². The van der Waals surface area contributed by atoms with Gasteiger partial charge in [-0.1, -0.05) is 18.2 Å². The molecule has 124 valence electrons. The SMILES string of the molecule is COC(=O)COc1ccc(C(=O)C=Cc2cccc(OC)c2)cc1. The number of carbonyl (C=O) groups excluding carboxylic acids is 2. The Hall–Kier alpha value is -3.08. The van der Waals surface area contributed by atoms with Crippen molar-refractivity contribution in [1.29, 1.82) is 0 Å². The number of rotatable bonds is 7. The molecule has 2 aromatic rings. The van der Waals surface area contributed by atoms with Crippen LogP contribution < -0.4 is 9.47 Å². The van der Waals surface area contributed by atoms with Crippen LogP contribution in [0.5, 0.6) is 11.5 Å². The van der Waals surface area contributed by atoms with Crippen LogP contribution in [-0.2, 0) is 9.53 Å². The summed E-state index contributed by atoms with van der Waals surface area (Å²) in [5, 5.41) is 0. The van der Waals surface area contributed by atoms with Gasteiger partial charge in [0.05, 0.1) is 14.2 Å². The van der Waals surface area contributed by atoms with Crippen molar-refractivity contribution in [3.8, 4) is 11.5 Å². The number of benzene rings is 2. The summed E-state index contributed by atoms with van der Waals surface area (Å²) in [6.45, 7) is -0.167. The monoisotopic (exact) mass is 326 g/mol. The minimum Gasteiger partial charge on any atom is -0.497 e. The van der Waals surface area contributed by atoms with Gasteiger partial charge < -0.3 is 14.2 Å². The predicted molar refractivity (Wildman–Crippen MR) is 90.3 cm³/mol. The van der Waals surface area contributed by atoms with E-state index in [1.807, 2.05) is 24.3 Å². The highest BCUT2D eigenvalue weighted by Gasteiger charge is 2.04. The predicted octanol–water partition coefficient (Wildman–Crippen LogP) is 3.14. The lowest BCUT2D eigenvalue weighted by molar-refractivity contribution is -0.142. The fraction of sp³-hybridized carbons (Fsp3) is 0.158. The van der Waals surface area contributed by atoms with E-state index >= 15 is 0 Å². The van der Waals surface area contributed by atoms with Crippen molar-refractivity contribution < 1.29 is 23.8 Å². The average molecular weight is 326 g/mol. The molecule has 0 fully saturated rings. The number of esters is 1. The summed E-state index contributed by atoms with van der Waals surface area (Å²) in [6.07, 6.45) is 3.23. The van der Waals surface area contributed by atoms with Gasteiger partial charge in [-0.3, -0.25) is 4.79 Å². The summed E-state index contributed by atoms with van der Waals surface area (Å²) in [6, 6.07) is 14.0. The van der Waals surface area contributed by atoms with E-state index in [0.29, 0.717) is 11.3 Å². The fourth-order valence-electron chi connectivity index (χ4n) is 1.93. The lowest BCUT2D eigenvalue weighted by atomic mass is 10.1. The van der Waals surface area contributed by atoms with Crippen LogP contribution in [0.25, 0.3) is 6.08 Å². The summed E-state index contributed by atoms with van der Waals surface area (Å²) in [5.41, 5.74) is 1.40. The Kier molecular flexibility index (Phi) is 6.14. The third-order valence-corrected chi connectivity index (χ3v) is 3.24. The number of ketones is 1. The molecule has 0 atom stereocenters. The Morgan fingerprint density at radius 2 is 1.75 bits per heavy atom. The van der Waals surface area contributed by atoms with E-state index < -0.39 is 5.97 Å².